The lowest BCUT2D eigenvalue weighted by atomic mass is 9.98. The Bertz CT molecular complexity index is 1890. The van der Waals surface area contributed by atoms with Crippen LogP contribution in [-0.4, -0.2) is 74.2 Å². The Kier molecular flexibility index (Phi) is 13.4. The molecule has 3 aromatic carbocycles. The molecule has 0 bridgehead atoms. The third kappa shape index (κ3) is 11.4. The number of rotatable bonds is 10. The largest absolute Gasteiger partial charge is 0.466 e. The van der Waals surface area contributed by atoms with Crippen LogP contribution < -0.4 is 16.0 Å². The summed E-state index contributed by atoms with van der Waals surface area (Å²) in [6.45, 7) is 8.67. The van der Waals surface area contributed by atoms with Gasteiger partial charge in [0.25, 0.3) is 5.91 Å². The van der Waals surface area contributed by atoms with E-state index in [1.54, 1.807) is 14.0 Å². The number of carbonyl (C=O) groups is 2. The predicted molar refractivity (Wildman–Crippen MR) is 193 cm³/mol. The molecule has 0 radical (unpaired) electrons. The van der Waals surface area contributed by atoms with Crippen molar-refractivity contribution < 1.29 is 33.6 Å². The van der Waals surface area contributed by atoms with E-state index in [0.29, 0.717) is 22.9 Å². The first-order valence-electron chi connectivity index (χ1n) is 16.3. The fourth-order valence-electron chi connectivity index (χ4n) is 5.67. The zero-order valence-electron chi connectivity index (χ0n) is 28.9. The molecule has 268 valence electrons. The van der Waals surface area contributed by atoms with Gasteiger partial charge in [0.1, 0.15) is 5.56 Å². The maximum absolute atomic E-state index is 12.9. The van der Waals surface area contributed by atoms with Gasteiger partial charge < -0.3 is 35.4 Å². The summed E-state index contributed by atoms with van der Waals surface area (Å²) in [5.74, 6) is 0.254. The van der Waals surface area contributed by atoms with Gasteiger partial charge in [0.2, 0.25) is 5.95 Å². The van der Waals surface area contributed by atoms with Crippen molar-refractivity contribution in [3.05, 3.63) is 100 Å². The van der Waals surface area contributed by atoms with Crippen LogP contribution in [0.2, 0.25) is 0 Å². The number of hydrogen-bond acceptors (Lipinski definition) is 10. The molecule has 6 N–H and O–H groups in total. The Balaban J connectivity index is 0.00000109. The van der Waals surface area contributed by atoms with Crippen molar-refractivity contribution in [1.29, 1.82) is 5.26 Å². The van der Waals surface area contributed by atoms with E-state index in [0.717, 1.165) is 60.4 Å². The highest BCUT2D eigenvalue weighted by atomic mass is 31.2. The molecule has 14 nitrogen and oxygen atoms in total. The molecule has 1 amide bonds. The first kappa shape index (κ1) is 38.6. The second kappa shape index (κ2) is 17.7. The topological polar surface area (TPSA) is 210 Å². The van der Waals surface area contributed by atoms with Crippen LogP contribution in [0.15, 0.2) is 66.9 Å². The Morgan fingerprint density at radius 2 is 1.61 bits per heavy atom. The van der Waals surface area contributed by atoms with E-state index in [9.17, 15) is 9.59 Å². The quantitative estimate of drug-likeness (QED) is 0.0938. The molecule has 0 spiro atoms. The molecule has 1 fully saturated rings. The number of carbonyl (C=O) groups excluding carboxylic acids is 2. The number of ether oxygens (including phenoxy) is 1. The van der Waals surface area contributed by atoms with Gasteiger partial charge in [-0.25, -0.2) is 14.3 Å². The SMILES string of the molecule is CCOC(=O)c1cnc(NC2CCN(Cc3ccc(C(=O)NC)cc3)CC2)nc1Nc1c(C)cc(-c2ccc(C#N)cc2)cc1C.O=P(O)(O)O. The monoisotopic (exact) mass is 715 g/mol. The molecular formula is C36H42N7O7P. The highest BCUT2D eigenvalue weighted by molar-refractivity contribution is 7.45. The van der Waals surface area contributed by atoms with Crippen LogP contribution >= 0.6 is 7.82 Å². The molecule has 4 aromatic rings. The molecule has 51 heavy (non-hydrogen) atoms. The highest BCUT2D eigenvalue weighted by Crippen LogP contribution is 2.32. The fourth-order valence-corrected chi connectivity index (χ4v) is 5.67. The number of nitrogens with zero attached hydrogens (tertiary/aromatic N) is 4. The standard InChI is InChI=1S/C36H39N7O3.H3O4P/c1-5-46-35(45)31-21-39-36(40-30-14-16-43(17-15-30)22-26-8-12-28(13-9-26)34(44)38-4)42-33(31)41-32-23(2)18-29(19-24(32)3)27-10-6-25(20-37)7-11-27;1-5(2,3)4/h6-13,18-19,21,30H,5,14-17,22H2,1-4H3,(H,38,44)(H2,39,40,41,42);(H3,1,2,3,4). The van der Waals surface area contributed by atoms with E-state index < -0.39 is 13.8 Å². The van der Waals surface area contributed by atoms with Crippen molar-refractivity contribution in [2.24, 2.45) is 0 Å². The molecule has 5 rings (SSSR count). The van der Waals surface area contributed by atoms with Gasteiger partial charge in [0.15, 0.2) is 5.82 Å². The molecule has 1 aliphatic rings. The number of anilines is 3. The van der Waals surface area contributed by atoms with E-state index in [1.165, 1.54) is 11.8 Å². The molecule has 0 unspecified atom stereocenters. The summed E-state index contributed by atoms with van der Waals surface area (Å²) in [4.78, 5) is 57.9. The lowest BCUT2D eigenvalue weighted by molar-refractivity contribution is 0.0526. The third-order valence-electron chi connectivity index (χ3n) is 8.18. The van der Waals surface area contributed by atoms with E-state index >= 15 is 0 Å². The number of likely N-dealkylation sites (tertiary alicyclic amines) is 1. The molecule has 0 atom stereocenters. The number of phosphoric acid groups is 1. The molecule has 1 aliphatic heterocycles. The van der Waals surface area contributed by atoms with E-state index in [1.807, 2.05) is 62.4 Å². The van der Waals surface area contributed by atoms with Gasteiger partial charge in [-0.3, -0.25) is 9.69 Å². The summed E-state index contributed by atoms with van der Waals surface area (Å²) < 4.78 is 14.2. The van der Waals surface area contributed by atoms with Crippen molar-refractivity contribution >= 4 is 37.2 Å². The molecule has 1 saturated heterocycles. The fraction of sp³-hybridized carbons (Fsp3) is 0.306. The Morgan fingerprint density at radius 3 is 2.16 bits per heavy atom. The van der Waals surface area contributed by atoms with Gasteiger partial charge in [-0.05, 0) is 97.8 Å². The minimum absolute atomic E-state index is 0.0860. The summed E-state index contributed by atoms with van der Waals surface area (Å²) in [5, 5.41) is 18.7. The molecule has 0 saturated carbocycles. The smallest absolute Gasteiger partial charge is 0.462 e. The van der Waals surface area contributed by atoms with E-state index in [2.05, 4.69) is 44.0 Å². The summed E-state index contributed by atoms with van der Waals surface area (Å²) in [5.41, 5.74) is 7.58. The lowest BCUT2D eigenvalue weighted by Crippen LogP contribution is -2.39. The van der Waals surface area contributed by atoms with Crippen molar-refractivity contribution in [3.8, 4) is 17.2 Å². The van der Waals surface area contributed by atoms with E-state index in [-0.39, 0.29) is 24.1 Å². The summed E-state index contributed by atoms with van der Waals surface area (Å²) in [7, 11) is -3.01. The summed E-state index contributed by atoms with van der Waals surface area (Å²) in [6.07, 6.45) is 3.34. The maximum atomic E-state index is 12.9. The highest BCUT2D eigenvalue weighted by Gasteiger charge is 2.22. The summed E-state index contributed by atoms with van der Waals surface area (Å²) in [6, 6.07) is 21.7. The zero-order chi connectivity index (χ0) is 37.1. The van der Waals surface area contributed by atoms with Crippen LogP contribution in [0.4, 0.5) is 17.5 Å². The van der Waals surface area contributed by atoms with Crippen molar-refractivity contribution in [2.45, 2.75) is 46.2 Å². The van der Waals surface area contributed by atoms with Gasteiger partial charge in [0.05, 0.1) is 18.2 Å². The zero-order valence-corrected chi connectivity index (χ0v) is 29.8. The van der Waals surface area contributed by atoms with Gasteiger partial charge in [0, 0.05) is 50.2 Å². The first-order valence-corrected chi connectivity index (χ1v) is 17.9. The first-order chi connectivity index (χ1) is 24.3. The van der Waals surface area contributed by atoms with Crippen molar-refractivity contribution in [3.63, 3.8) is 0 Å². The van der Waals surface area contributed by atoms with Crippen LogP contribution in [0.1, 0.15) is 62.7 Å². The van der Waals surface area contributed by atoms with Crippen LogP contribution in [0.25, 0.3) is 11.1 Å². The number of nitrogens with one attached hydrogen (secondary N) is 3. The maximum Gasteiger partial charge on any atom is 0.466 e. The number of aryl methyl sites for hydroxylation is 2. The van der Waals surface area contributed by atoms with Gasteiger partial charge in [-0.1, -0.05) is 24.3 Å². The van der Waals surface area contributed by atoms with Gasteiger partial charge in [-0.15, -0.1) is 0 Å². The minimum Gasteiger partial charge on any atom is -0.462 e. The average molecular weight is 716 g/mol. The second-order valence-electron chi connectivity index (χ2n) is 12.0. The van der Waals surface area contributed by atoms with Crippen LogP contribution in [0.5, 0.6) is 0 Å². The normalized spacial score (nSPS) is 13.3. The Hall–Kier alpha value is -5.16. The minimum atomic E-state index is -4.64. The van der Waals surface area contributed by atoms with Crippen LogP contribution in [-0.2, 0) is 15.8 Å². The third-order valence-corrected chi connectivity index (χ3v) is 8.18. The Labute approximate surface area is 296 Å². The lowest BCUT2D eigenvalue weighted by Gasteiger charge is -2.32. The molecule has 1 aromatic heterocycles. The number of aromatic nitrogens is 2. The van der Waals surface area contributed by atoms with Gasteiger partial charge >= 0.3 is 13.8 Å². The van der Waals surface area contributed by atoms with E-state index in [4.69, 9.17) is 34.2 Å². The van der Waals surface area contributed by atoms with Gasteiger partial charge in [-0.2, -0.15) is 10.2 Å². The Morgan fingerprint density at radius 1 is 1.00 bits per heavy atom. The summed E-state index contributed by atoms with van der Waals surface area (Å²) >= 11 is 0. The number of nitriles is 1. The molecule has 2 heterocycles. The van der Waals surface area contributed by atoms with Crippen molar-refractivity contribution in [2.75, 3.05) is 37.4 Å². The number of esters is 1. The number of benzene rings is 3. The molecule has 0 aliphatic carbocycles. The van der Waals surface area contributed by atoms with Crippen molar-refractivity contribution in [1.82, 2.24) is 20.2 Å². The number of piperidine rings is 1. The van der Waals surface area contributed by atoms with Crippen LogP contribution in [0.3, 0.4) is 0 Å². The molecular weight excluding hydrogens is 673 g/mol. The number of amides is 1. The second-order valence-corrected chi connectivity index (χ2v) is 13.0. The number of hydrogen-bond donors (Lipinski definition) is 6. The average Bonchev–Trinajstić information content (AvgIpc) is 3.10. The van der Waals surface area contributed by atoms with Crippen LogP contribution in [0, 0.1) is 25.2 Å². The predicted octanol–water partition coefficient (Wildman–Crippen LogP) is 5.06. The molecule has 15 heteroatoms.